The predicted molar refractivity (Wildman–Crippen MR) is 82.2 cm³/mol. The number of aliphatic carboxylic acids is 1. The number of carbonyl (C=O) groups is 2. The second kappa shape index (κ2) is 7.92. The van der Waals surface area contributed by atoms with Gasteiger partial charge in [0.25, 0.3) is 5.91 Å². The highest BCUT2D eigenvalue weighted by Gasteiger charge is 2.22. The monoisotopic (exact) mass is 327 g/mol. The molecule has 0 saturated heterocycles. The molecular weight excluding hydrogens is 305 g/mol. The van der Waals surface area contributed by atoms with Crippen LogP contribution in [0.15, 0.2) is 18.2 Å². The quantitative estimate of drug-likeness (QED) is 0.802. The van der Waals surface area contributed by atoms with Gasteiger partial charge in [-0.3, -0.25) is 4.79 Å². The van der Waals surface area contributed by atoms with E-state index in [9.17, 15) is 19.1 Å². The third kappa shape index (κ3) is 6.23. The Morgan fingerprint density at radius 2 is 2.00 bits per heavy atom. The highest BCUT2D eigenvalue weighted by Crippen LogP contribution is 2.18. The maximum absolute atomic E-state index is 13.3. The van der Waals surface area contributed by atoms with Crippen molar-refractivity contribution in [3.63, 3.8) is 0 Å². The van der Waals surface area contributed by atoms with Crippen LogP contribution in [0.5, 0.6) is 5.75 Å². The van der Waals surface area contributed by atoms with Crippen molar-refractivity contribution >= 4 is 11.9 Å². The third-order valence-electron chi connectivity index (χ3n) is 2.96. The number of carboxylic acids is 1. The van der Waals surface area contributed by atoms with E-state index < -0.39 is 29.3 Å². The van der Waals surface area contributed by atoms with Crippen LogP contribution in [0.25, 0.3) is 0 Å². The van der Waals surface area contributed by atoms with Crippen molar-refractivity contribution in [1.82, 2.24) is 5.32 Å². The summed E-state index contributed by atoms with van der Waals surface area (Å²) in [5, 5.41) is 11.6. The average Bonchev–Trinajstić information content (AvgIpc) is 2.45. The number of nitrogens with one attached hydrogen (secondary N) is 1. The van der Waals surface area contributed by atoms with E-state index in [-0.39, 0.29) is 24.3 Å². The molecular formula is C16H22FNO5. The van der Waals surface area contributed by atoms with E-state index in [1.807, 2.05) is 20.8 Å². The van der Waals surface area contributed by atoms with Gasteiger partial charge in [-0.15, -0.1) is 0 Å². The number of rotatable bonds is 7. The molecule has 0 aliphatic carbocycles. The van der Waals surface area contributed by atoms with Crippen LogP contribution in [-0.4, -0.2) is 42.3 Å². The smallest absolute Gasteiger partial charge is 0.326 e. The van der Waals surface area contributed by atoms with Gasteiger partial charge in [-0.25, -0.2) is 9.18 Å². The Balaban J connectivity index is 2.72. The lowest BCUT2D eigenvalue weighted by Crippen LogP contribution is -2.42. The summed E-state index contributed by atoms with van der Waals surface area (Å²) in [4.78, 5) is 23.3. The Morgan fingerprint density at radius 3 is 2.52 bits per heavy atom. The molecule has 6 nitrogen and oxygen atoms in total. The molecule has 1 atom stereocenters. The van der Waals surface area contributed by atoms with Gasteiger partial charge in [-0.1, -0.05) is 0 Å². The van der Waals surface area contributed by atoms with Crippen LogP contribution in [0.1, 0.15) is 37.6 Å². The second-order valence-electron chi connectivity index (χ2n) is 5.96. The molecule has 0 saturated carbocycles. The van der Waals surface area contributed by atoms with Gasteiger partial charge in [0.1, 0.15) is 6.04 Å². The normalized spacial score (nSPS) is 12.6. The molecule has 0 aliphatic heterocycles. The van der Waals surface area contributed by atoms with Crippen LogP contribution in [0.3, 0.4) is 0 Å². The summed E-state index contributed by atoms with van der Waals surface area (Å²) in [7, 11) is 1.28. The lowest BCUT2D eigenvalue weighted by atomic mass is 10.1. The Morgan fingerprint density at radius 1 is 1.35 bits per heavy atom. The first-order chi connectivity index (χ1) is 10.6. The van der Waals surface area contributed by atoms with Gasteiger partial charge in [0.15, 0.2) is 11.6 Å². The Labute approximate surface area is 134 Å². The van der Waals surface area contributed by atoms with Crippen LogP contribution in [0.4, 0.5) is 4.39 Å². The molecule has 1 unspecified atom stereocenters. The fourth-order valence-corrected chi connectivity index (χ4v) is 1.78. The number of methoxy groups -OCH3 is 1. The van der Waals surface area contributed by atoms with Gasteiger partial charge in [-0.05, 0) is 39.0 Å². The van der Waals surface area contributed by atoms with Gasteiger partial charge < -0.3 is 19.9 Å². The molecule has 1 amide bonds. The molecule has 0 fully saturated rings. The van der Waals surface area contributed by atoms with Crippen molar-refractivity contribution in [2.45, 2.75) is 38.8 Å². The average molecular weight is 327 g/mol. The molecule has 23 heavy (non-hydrogen) atoms. The molecule has 1 aromatic carbocycles. The molecule has 0 aliphatic rings. The summed E-state index contributed by atoms with van der Waals surface area (Å²) >= 11 is 0. The summed E-state index contributed by atoms with van der Waals surface area (Å²) in [6.07, 6.45) is 0.122. The minimum absolute atomic E-state index is 0.0828. The number of benzene rings is 1. The Hall–Kier alpha value is -2.15. The number of hydrogen-bond donors (Lipinski definition) is 2. The van der Waals surface area contributed by atoms with Crippen molar-refractivity contribution in [3.05, 3.63) is 29.6 Å². The van der Waals surface area contributed by atoms with Crippen LogP contribution in [-0.2, 0) is 9.53 Å². The van der Waals surface area contributed by atoms with Crippen molar-refractivity contribution < 1.29 is 28.6 Å². The van der Waals surface area contributed by atoms with E-state index in [0.717, 1.165) is 6.07 Å². The zero-order valence-electron chi connectivity index (χ0n) is 13.7. The summed E-state index contributed by atoms with van der Waals surface area (Å²) < 4.78 is 23.6. The third-order valence-corrected chi connectivity index (χ3v) is 2.96. The number of carbonyl (C=O) groups excluding carboxylic acids is 1. The molecule has 0 bridgehead atoms. The Kier molecular flexibility index (Phi) is 6.50. The number of hydrogen-bond acceptors (Lipinski definition) is 4. The molecule has 0 heterocycles. The van der Waals surface area contributed by atoms with E-state index in [1.54, 1.807) is 0 Å². The first kappa shape index (κ1) is 18.9. The fraction of sp³-hybridized carbons (Fsp3) is 0.500. The van der Waals surface area contributed by atoms with Crippen LogP contribution in [0, 0.1) is 5.82 Å². The van der Waals surface area contributed by atoms with E-state index in [1.165, 1.54) is 19.2 Å². The Bertz CT molecular complexity index is 568. The lowest BCUT2D eigenvalue weighted by Gasteiger charge is -2.21. The number of ether oxygens (including phenoxy) is 2. The van der Waals surface area contributed by atoms with Gasteiger partial charge >= 0.3 is 5.97 Å². The van der Waals surface area contributed by atoms with Gasteiger partial charge in [-0.2, -0.15) is 0 Å². The summed E-state index contributed by atoms with van der Waals surface area (Å²) in [5.41, 5.74) is -0.275. The van der Waals surface area contributed by atoms with Gasteiger partial charge in [0, 0.05) is 18.6 Å². The van der Waals surface area contributed by atoms with Gasteiger partial charge in [0.2, 0.25) is 0 Å². The van der Waals surface area contributed by atoms with Crippen LogP contribution in [0.2, 0.25) is 0 Å². The summed E-state index contributed by atoms with van der Waals surface area (Å²) in [5.74, 6) is -2.46. The zero-order valence-corrected chi connectivity index (χ0v) is 13.7. The summed E-state index contributed by atoms with van der Waals surface area (Å²) in [6.45, 7) is 5.75. The number of amides is 1. The molecule has 128 valence electrons. The number of carboxylic acid groups (broad SMARTS) is 1. The largest absolute Gasteiger partial charge is 0.494 e. The predicted octanol–water partition coefficient (Wildman–Crippen LogP) is 2.22. The van der Waals surface area contributed by atoms with Crippen molar-refractivity contribution in [2.24, 2.45) is 0 Å². The molecule has 0 spiro atoms. The van der Waals surface area contributed by atoms with Crippen molar-refractivity contribution in [3.8, 4) is 5.75 Å². The zero-order chi connectivity index (χ0) is 17.6. The van der Waals surface area contributed by atoms with E-state index in [2.05, 4.69) is 5.32 Å². The molecule has 1 aromatic rings. The van der Waals surface area contributed by atoms with Crippen molar-refractivity contribution in [2.75, 3.05) is 13.7 Å². The van der Waals surface area contributed by atoms with Crippen LogP contribution < -0.4 is 10.1 Å². The van der Waals surface area contributed by atoms with E-state index in [4.69, 9.17) is 9.47 Å². The number of halogens is 1. The lowest BCUT2D eigenvalue weighted by molar-refractivity contribution is -0.140. The first-order valence-electron chi connectivity index (χ1n) is 7.15. The SMILES string of the molecule is COc1cc(C(=O)NC(CCOC(C)(C)C)C(=O)O)ccc1F. The second-order valence-corrected chi connectivity index (χ2v) is 5.96. The minimum Gasteiger partial charge on any atom is -0.494 e. The van der Waals surface area contributed by atoms with Crippen LogP contribution >= 0.6 is 0 Å². The highest BCUT2D eigenvalue weighted by atomic mass is 19.1. The van der Waals surface area contributed by atoms with Gasteiger partial charge in [0.05, 0.1) is 12.7 Å². The molecule has 7 heteroatoms. The minimum atomic E-state index is -1.16. The van der Waals surface area contributed by atoms with E-state index >= 15 is 0 Å². The topological polar surface area (TPSA) is 84.9 Å². The highest BCUT2D eigenvalue weighted by molar-refractivity contribution is 5.96. The van der Waals surface area contributed by atoms with Crippen molar-refractivity contribution in [1.29, 1.82) is 0 Å². The maximum atomic E-state index is 13.3. The maximum Gasteiger partial charge on any atom is 0.326 e. The molecule has 1 rings (SSSR count). The summed E-state index contributed by atoms with van der Waals surface area (Å²) in [6, 6.07) is 2.47. The molecule has 2 N–H and O–H groups in total. The fourth-order valence-electron chi connectivity index (χ4n) is 1.78. The molecule has 0 radical (unpaired) electrons. The molecule has 0 aromatic heterocycles. The van der Waals surface area contributed by atoms with E-state index in [0.29, 0.717) is 0 Å². The standard InChI is InChI=1S/C16H22FNO5/c1-16(2,3)23-8-7-12(15(20)21)18-14(19)10-5-6-11(17)13(9-10)22-4/h5-6,9,12H,7-8H2,1-4H3,(H,18,19)(H,20,21). The first-order valence-corrected chi connectivity index (χ1v) is 7.15.